The van der Waals surface area contributed by atoms with Gasteiger partial charge >= 0.3 is 0 Å². The third-order valence-corrected chi connectivity index (χ3v) is 2.55. The zero-order chi connectivity index (χ0) is 12.6. The fraction of sp³-hybridized carbons (Fsp3) is 0.462. The highest BCUT2D eigenvalue weighted by Crippen LogP contribution is 2.20. The van der Waals surface area contributed by atoms with E-state index in [1.165, 1.54) is 0 Å². The highest BCUT2D eigenvalue weighted by molar-refractivity contribution is 9.09. The molecular weight excluding hydrogens is 268 g/mol. The molecule has 0 saturated carbocycles. The molecule has 16 heavy (non-hydrogen) atoms. The fourth-order valence-corrected chi connectivity index (χ4v) is 1.63. The Hall–Kier alpha value is -0.830. The van der Waals surface area contributed by atoms with Crippen LogP contribution in [0.25, 0.3) is 0 Å². The molecule has 1 aromatic rings. The lowest BCUT2D eigenvalue weighted by Gasteiger charge is -2.04. The van der Waals surface area contributed by atoms with Crippen LogP contribution in [0.3, 0.4) is 0 Å². The van der Waals surface area contributed by atoms with Gasteiger partial charge in [-0.3, -0.25) is 4.79 Å². The zero-order valence-electron chi connectivity index (χ0n) is 10.1. The molecule has 0 heterocycles. The quantitative estimate of drug-likeness (QED) is 0.672. The van der Waals surface area contributed by atoms with Crippen LogP contribution in [0.4, 0.5) is 0 Å². The van der Waals surface area contributed by atoms with Gasteiger partial charge in [0.05, 0.1) is 5.33 Å². The van der Waals surface area contributed by atoms with Crippen molar-refractivity contribution in [1.29, 1.82) is 0 Å². The summed E-state index contributed by atoms with van der Waals surface area (Å²) in [4.78, 5) is 11.4. The number of aromatic hydroxyl groups is 1. The largest absolute Gasteiger partial charge is 0.508 e. The van der Waals surface area contributed by atoms with Crippen molar-refractivity contribution in [2.45, 2.75) is 33.6 Å². The Kier molecular flexibility index (Phi) is 7.90. The van der Waals surface area contributed by atoms with Crippen molar-refractivity contribution in [3.05, 3.63) is 29.3 Å². The number of halogens is 1. The van der Waals surface area contributed by atoms with E-state index in [1.54, 1.807) is 18.2 Å². The van der Waals surface area contributed by atoms with Gasteiger partial charge in [0, 0.05) is 5.56 Å². The number of benzene rings is 1. The van der Waals surface area contributed by atoms with Crippen LogP contribution in [0.15, 0.2) is 18.2 Å². The number of carbonyl (C=O) groups excluding carboxylic acids is 1. The SMILES string of the molecule is CC.CCCc1cc(C(=O)CBr)ccc1O. The minimum atomic E-state index is 0.0438. The van der Waals surface area contributed by atoms with Gasteiger partial charge in [-0.1, -0.05) is 43.1 Å². The Bertz CT molecular complexity index is 335. The number of aryl methyl sites for hydroxylation is 1. The van der Waals surface area contributed by atoms with Crippen LogP contribution in [0, 0.1) is 0 Å². The van der Waals surface area contributed by atoms with Crippen LogP contribution in [0.5, 0.6) is 5.75 Å². The second kappa shape index (κ2) is 8.34. The predicted molar refractivity (Wildman–Crippen MR) is 71.6 cm³/mol. The summed E-state index contributed by atoms with van der Waals surface area (Å²) in [5.74, 6) is 0.320. The molecule has 0 bridgehead atoms. The summed E-state index contributed by atoms with van der Waals surface area (Å²) < 4.78 is 0. The molecule has 0 saturated heterocycles. The van der Waals surface area contributed by atoms with Crippen molar-refractivity contribution in [3.8, 4) is 5.75 Å². The van der Waals surface area contributed by atoms with E-state index in [0.29, 0.717) is 10.9 Å². The number of alkyl halides is 1. The highest BCUT2D eigenvalue weighted by atomic mass is 79.9. The van der Waals surface area contributed by atoms with Crippen LogP contribution in [0.1, 0.15) is 43.1 Å². The Labute approximate surface area is 106 Å². The Morgan fingerprint density at radius 3 is 2.50 bits per heavy atom. The summed E-state index contributed by atoms with van der Waals surface area (Å²) in [5, 5.41) is 9.82. The molecule has 0 spiro atoms. The lowest BCUT2D eigenvalue weighted by Crippen LogP contribution is -2.00. The van der Waals surface area contributed by atoms with Gasteiger partial charge in [0.1, 0.15) is 5.75 Å². The first-order chi connectivity index (χ1) is 7.69. The van der Waals surface area contributed by atoms with Gasteiger partial charge in [0.2, 0.25) is 0 Å². The average molecular weight is 287 g/mol. The third kappa shape index (κ3) is 4.35. The maximum absolute atomic E-state index is 11.4. The number of carbonyl (C=O) groups is 1. The Morgan fingerprint density at radius 1 is 1.38 bits per heavy atom. The van der Waals surface area contributed by atoms with Crippen LogP contribution < -0.4 is 0 Å². The first kappa shape index (κ1) is 15.2. The maximum Gasteiger partial charge on any atom is 0.173 e. The second-order valence-electron chi connectivity index (χ2n) is 3.15. The van der Waals surface area contributed by atoms with Crippen LogP contribution in [0.2, 0.25) is 0 Å². The molecule has 0 amide bonds. The molecule has 1 aromatic carbocycles. The van der Waals surface area contributed by atoms with Gasteiger partial charge in [-0.05, 0) is 30.2 Å². The van der Waals surface area contributed by atoms with Crippen LogP contribution in [-0.2, 0) is 6.42 Å². The Morgan fingerprint density at radius 2 is 2.00 bits per heavy atom. The molecule has 0 unspecified atom stereocenters. The number of ketones is 1. The molecule has 90 valence electrons. The second-order valence-corrected chi connectivity index (χ2v) is 3.71. The number of hydrogen-bond donors (Lipinski definition) is 1. The van der Waals surface area contributed by atoms with Crippen molar-refractivity contribution in [2.24, 2.45) is 0 Å². The van der Waals surface area contributed by atoms with E-state index < -0.39 is 0 Å². The predicted octanol–water partition coefficient (Wildman–Crippen LogP) is 3.95. The monoisotopic (exact) mass is 286 g/mol. The first-order valence-electron chi connectivity index (χ1n) is 5.60. The van der Waals surface area contributed by atoms with Crippen molar-refractivity contribution in [3.63, 3.8) is 0 Å². The zero-order valence-corrected chi connectivity index (χ0v) is 11.7. The normalized spacial score (nSPS) is 9.25. The summed E-state index contributed by atoms with van der Waals surface area (Å²) in [6, 6.07) is 5.00. The number of phenolic OH excluding ortho intramolecular Hbond substituents is 1. The van der Waals surface area contributed by atoms with Crippen molar-refractivity contribution in [1.82, 2.24) is 0 Å². The number of rotatable bonds is 4. The average Bonchev–Trinajstić information content (AvgIpc) is 2.34. The lowest BCUT2D eigenvalue weighted by atomic mass is 10.0. The van der Waals surface area contributed by atoms with Crippen LogP contribution >= 0.6 is 15.9 Å². The van der Waals surface area contributed by atoms with E-state index in [1.807, 2.05) is 20.8 Å². The molecule has 1 rings (SSSR count). The smallest absolute Gasteiger partial charge is 0.173 e. The van der Waals surface area contributed by atoms with Gasteiger partial charge in [0.15, 0.2) is 5.78 Å². The van der Waals surface area contributed by atoms with Gasteiger partial charge in [0.25, 0.3) is 0 Å². The molecular formula is C13H19BrO2. The highest BCUT2D eigenvalue weighted by Gasteiger charge is 2.07. The molecule has 1 N–H and O–H groups in total. The fourth-order valence-electron chi connectivity index (χ4n) is 1.31. The Balaban J connectivity index is 0.00000106. The van der Waals surface area contributed by atoms with Crippen molar-refractivity contribution < 1.29 is 9.90 Å². The minimum Gasteiger partial charge on any atom is -0.508 e. The van der Waals surface area contributed by atoms with Crippen molar-refractivity contribution in [2.75, 3.05) is 5.33 Å². The molecule has 0 aliphatic carbocycles. The summed E-state index contributed by atoms with van der Waals surface area (Å²) in [6.45, 7) is 6.04. The minimum absolute atomic E-state index is 0.0438. The maximum atomic E-state index is 11.4. The number of phenols is 1. The standard InChI is InChI=1S/C11H13BrO2.C2H6/c1-2-3-8-6-9(11(14)7-12)4-5-10(8)13;1-2/h4-6,13H,2-3,7H2,1H3;1-2H3. The van der Waals surface area contributed by atoms with E-state index in [4.69, 9.17) is 0 Å². The summed E-state index contributed by atoms with van der Waals surface area (Å²) in [7, 11) is 0. The molecule has 0 radical (unpaired) electrons. The number of hydrogen-bond acceptors (Lipinski definition) is 2. The molecule has 0 aromatic heterocycles. The molecule has 2 nitrogen and oxygen atoms in total. The molecule has 0 aliphatic rings. The third-order valence-electron chi connectivity index (χ3n) is 2.04. The topological polar surface area (TPSA) is 37.3 Å². The van der Waals surface area contributed by atoms with Gasteiger partial charge in [-0.15, -0.1) is 0 Å². The molecule has 0 fully saturated rings. The first-order valence-corrected chi connectivity index (χ1v) is 6.72. The lowest BCUT2D eigenvalue weighted by molar-refractivity contribution is 0.102. The van der Waals surface area contributed by atoms with Gasteiger partial charge in [-0.25, -0.2) is 0 Å². The van der Waals surface area contributed by atoms with E-state index in [0.717, 1.165) is 18.4 Å². The van der Waals surface area contributed by atoms with E-state index in [-0.39, 0.29) is 11.5 Å². The molecule has 0 atom stereocenters. The summed E-state index contributed by atoms with van der Waals surface area (Å²) in [6.07, 6.45) is 1.76. The van der Waals surface area contributed by atoms with E-state index in [9.17, 15) is 9.90 Å². The number of Topliss-reactive ketones (excluding diaryl/α,β-unsaturated/α-hetero) is 1. The molecule has 0 aliphatic heterocycles. The van der Waals surface area contributed by atoms with E-state index >= 15 is 0 Å². The van der Waals surface area contributed by atoms with Gasteiger partial charge in [-0.2, -0.15) is 0 Å². The van der Waals surface area contributed by atoms with Crippen molar-refractivity contribution >= 4 is 21.7 Å². The van der Waals surface area contributed by atoms with Gasteiger partial charge < -0.3 is 5.11 Å². The van der Waals surface area contributed by atoms with Crippen LogP contribution in [-0.4, -0.2) is 16.2 Å². The summed E-state index contributed by atoms with van der Waals surface area (Å²) >= 11 is 3.12. The molecule has 3 heteroatoms. The van der Waals surface area contributed by atoms with E-state index in [2.05, 4.69) is 15.9 Å². The summed E-state index contributed by atoms with van der Waals surface area (Å²) in [5.41, 5.74) is 1.50.